The lowest BCUT2D eigenvalue weighted by Crippen LogP contribution is -2.23. The van der Waals surface area contributed by atoms with Crippen molar-refractivity contribution in [2.45, 2.75) is 6.18 Å². The zero-order valence-corrected chi connectivity index (χ0v) is 11.5. The van der Waals surface area contributed by atoms with Gasteiger partial charge in [-0.1, -0.05) is 12.1 Å². The number of nitrogens with one attached hydrogen (secondary N) is 2. The average molecular weight is 306 g/mol. The summed E-state index contributed by atoms with van der Waals surface area (Å²) in [6.45, 7) is -0.754. The molecule has 0 radical (unpaired) electrons. The summed E-state index contributed by atoms with van der Waals surface area (Å²) >= 11 is 0. The molecule has 5 nitrogen and oxygen atoms in total. The van der Waals surface area contributed by atoms with E-state index < -0.39 is 18.6 Å². The Balaban J connectivity index is 2.52. The lowest BCUT2D eigenvalue weighted by atomic mass is 10.2. The molecular weight excluding hydrogens is 289 g/mol. The molecule has 8 heteroatoms. The van der Waals surface area contributed by atoms with Crippen LogP contribution >= 0.6 is 0 Å². The van der Waals surface area contributed by atoms with Crippen LogP contribution in [-0.4, -0.2) is 45.6 Å². The van der Waals surface area contributed by atoms with E-state index in [0.717, 1.165) is 0 Å². The maximum absolute atomic E-state index is 12.2. The molecule has 0 heterocycles. The summed E-state index contributed by atoms with van der Waals surface area (Å²) in [5.74, 6) is -0.452. The third-order valence-electron chi connectivity index (χ3n) is 2.35. The Hall–Kier alpha value is -1.80. The third-order valence-corrected chi connectivity index (χ3v) is 2.35. The van der Waals surface area contributed by atoms with Crippen LogP contribution in [0.4, 0.5) is 24.5 Å². The number of alkyl halides is 3. The largest absolute Gasteiger partial charge is 0.405 e. The molecule has 0 aliphatic carbocycles. The first-order chi connectivity index (χ1) is 9.92. The highest BCUT2D eigenvalue weighted by molar-refractivity contribution is 5.94. The normalized spacial score (nSPS) is 11.2. The molecule has 2 N–H and O–H groups in total. The van der Waals surface area contributed by atoms with Crippen molar-refractivity contribution < 1.29 is 27.4 Å². The van der Waals surface area contributed by atoms with Gasteiger partial charge in [-0.05, 0) is 12.1 Å². The van der Waals surface area contributed by atoms with Crippen LogP contribution in [0.3, 0.4) is 0 Å². The van der Waals surface area contributed by atoms with Crippen LogP contribution in [-0.2, 0) is 14.3 Å². The fourth-order valence-corrected chi connectivity index (χ4v) is 1.44. The zero-order valence-electron chi connectivity index (χ0n) is 11.5. The third kappa shape index (κ3) is 7.52. The SMILES string of the molecule is COCCOCC(=O)Nc1ccccc1NCC(F)(F)F. The molecule has 118 valence electrons. The van der Waals surface area contributed by atoms with Crippen molar-refractivity contribution in [3.05, 3.63) is 24.3 Å². The highest BCUT2D eigenvalue weighted by Crippen LogP contribution is 2.23. The lowest BCUT2D eigenvalue weighted by Gasteiger charge is -2.14. The Morgan fingerprint density at radius 1 is 1.19 bits per heavy atom. The van der Waals surface area contributed by atoms with Gasteiger partial charge in [0.15, 0.2) is 0 Å². The van der Waals surface area contributed by atoms with Crippen LogP contribution in [0.2, 0.25) is 0 Å². The first-order valence-electron chi connectivity index (χ1n) is 6.18. The summed E-state index contributed by atoms with van der Waals surface area (Å²) < 4.78 is 46.4. The summed E-state index contributed by atoms with van der Waals surface area (Å²) in [7, 11) is 1.51. The van der Waals surface area contributed by atoms with Crippen molar-refractivity contribution in [2.75, 3.05) is 44.1 Å². The highest BCUT2D eigenvalue weighted by atomic mass is 19.4. The number of halogens is 3. The van der Waals surface area contributed by atoms with Gasteiger partial charge >= 0.3 is 6.18 Å². The predicted molar refractivity (Wildman–Crippen MR) is 72.3 cm³/mol. The molecule has 1 amide bonds. The number of anilines is 2. The van der Waals surface area contributed by atoms with Gasteiger partial charge < -0.3 is 20.1 Å². The number of ether oxygens (including phenoxy) is 2. The van der Waals surface area contributed by atoms with E-state index in [1.54, 1.807) is 12.1 Å². The van der Waals surface area contributed by atoms with Gasteiger partial charge in [0.25, 0.3) is 0 Å². The van der Waals surface area contributed by atoms with Crippen LogP contribution in [0.5, 0.6) is 0 Å². The molecule has 0 fully saturated rings. The van der Waals surface area contributed by atoms with Crippen molar-refractivity contribution in [2.24, 2.45) is 0 Å². The molecule has 0 aliphatic heterocycles. The average Bonchev–Trinajstić information content (AvgIpc) is 2.42. The Morgan fingerprint density at radius 2 is 1.86 bits per heavy atom. The Kier molecular flexibility index (Phi) is 6.97. The molecule has 0 saturated carbocycles. The van der Waals surface area contributed by atoms with Crippen LogP contribution in [0.1, 0.15) is 0 Å². The van der Waals surface area contributed by atoms with Gasteiger partial charge in [-0.15, -0.1) is 0 Å². The first kappa shape index (κ1) is 17.3. The monoisotopic (exact) mass is 306 g/mol. The minimum atomic E-state index is -4.33. The topological polar surface area (TPSA) is 59.6 Å². The smallest absolute Gasteiger partial charge is 0.382 e. The number of methoxy groups -OCH3 is 1. The fraction of sp³-hybridized carbons (Fsp3) is 0.462. The standard InChI is InChI=1S/C13H17F3N2O3/c1-20-6-7-21-8-12(19)18-11-5-3-2-4-10(11)17-9-13(14,15)16/h2-5,17H,6-9H2,1H3,(H,18,19). The molecule has 0 aromatic heterocycles. The minimum absolute atomic E-state index is 0.195. The van der Waals surface area contributed by atoms with E-state index in [9.17, 15) is 18.0 Å². The summed E-state index contributed by atoms with van der Waals surface area (Å²) in [4.78, 5) is 11.6. The van der Waals surface area contributed by atoms with Gasteiger partial charge in [0.2, 0.25) is 5.91 Å². The molecule has 0 bridgehead atoms. The molecule has 0 aliphatic rings. The molecule has 21 heavy (non-hydrogen) atoms. The Bertz CT molecular complexity index is 453. The number of hydrogen-bond donors (Lipinski definition) is 2. The van der Waals surface area contributed by atoms with Crippen molar-refractivity contribution >= 4 is 17.3 Å². The molecular formula is C13H17F3N2O3. The summed E-state index contributed by atoms with van der Waals surface area (Å²) in [6, 6.07) is 6.14. The number of rotatable bonds is 8. The van der Waals surface area contributed by atoms with Crippen LogP contribution in [0.25, 0.3) is 0 Å². The summed E-state index contributed by atoms with van der Waals surface area (Å²) in [5, 5.41) is 4.72. The number of carbonyl (C=O) groups excluding carboxylic acids is 1. The first-order valence-corrected chi connectivity index (χ1v) is 6.18. The van der Waals surface area contributed by atoms with E-state index in [4.69, 9.17) is 9.47 Å². The molecule has 1 rings (SSSR count). The second kappa shape index (κ2) is 8.48. The molecule has 0 spiro atoms. The summed E-state index contributed by atoms with van der Waals surface area (Å²) in [5.41, 5.74) is 0.460. The van der Waals surface area contributed by atoms with E-state index in [1.165, 1.54) is 19.2 Å². The van der Waals surface area contributed by atoms with Gasteiger partial charge in [0.1, 0.15) is 13.2 Å². The van der Waals surface area contributed by atoms with Gasteiger partial charge in [-0.25, -0.2) is 0 Å². The van der Waals surface area contributed by atoms with E-state index in [-0.39, 0.29) is 24.6 Å². The molecule has 1 aromatic rings. The highest BCUT2D eigenvalue weighted by Gasteiger charge is 2.26. The predicted octanol–water partition coefficient (Wildman–Crippen LogP) is 2.26. The van der Waals surface area contributed by atoms with E-state index >= 15 is 0 Å². The second-order valence-corrected chi connectivity index (χ2v) is 4.11. The maximum Gasteiger partial charge on any atom is 0.405 e. The van der Waals surface area contributed by atoms with Gasteiger partial charge in [0.05, 0.1) is 24.6 Å². The Morgan fingerprint density at radius 3 is 2.48 bits per heavy atom. The van der Waals surface area contributed by atoms with E-state index in [2.05, 4.69) is 10.6 Å². The van der Waals surface area contributed by atoms with Crippen molar-refractivity contribution in [1.29, 1.82) is 0 Å². The number of hydrogen-bond acceptors (Lipinski definition) is 4. The Labute approximate surface area is 120 Å². The van der Waals surface area contributed by atoms with Crippen LogP contribution < -0.4 is 10.6 Å². The number of benzene rings is 1. The number of amides is 1. The quantitative estimate of drug-likeness (QED) is 0.723. The summed E-state index contributed by atoms with van der Waals surface area (Å²) in [6.07, 6.45) is -4.33. The number of para-hydroxylation sites is 2. The minimum Gasteiger partial charge on any atom is -0.382 e. The molecule has 0 atom stereocenters. The number of carbonyl (C=O) groups is 1. The van der Waals surface area contributed by atoms with Gasteiger partial charge in [-0.3, -0.25) is 4.79 Å². The maximum atomic E-state index is 12.2. The van der Waals surface area contributed by atoms with E-state index in [1.807, 2.05) is 0 Å². The fourth-order valence-electron chi connectivity index (χ4n) is 1.44. The zero-order chi connectivity index (χ0) is 15.7. The van der Waals surface area contributed by atoms with Crippen molar-refractivity contribution in [1.82, 2.24) is 0 Å². The van der Waals surface area contributed by atoms with Crippen LogP contribution in [0.15, 0.2) is 24.3 Å². The second-order valence-electron chi connectivity index (χ2n) is 4.11. The van der Waals surface area contributed by atoms with Gasteiger partial charge in [0, 0.05) is 7.11 Å². The van der Waals surface area contributed by atoms with Crippen molar-refractivity contribution in [3.63, 3.8) is 0 Å². The van der Waals surface area contributed by atoms with E-state index in [0.29, 0.717) is 6.61 Å². The molecule has 0 saturated heterocycles. The lowest BCUT2D eigenvalue weighted by molar-refractivity contribution is -0.121. The van der Waals surface area contributed by atoms with Crippen molar-refractivity contribution in [3.8, 4) is 0 Å². The molecule has 1 aromatic carbocycles. The molecule has 0 unspecified atom stereocenters. The van der Waals surface area contributed by atoms with Crippen LogP contribution in [0, 0.1) is 0 Å². The van der Waals surface area contributed by atoms with Gasteiger partial charge in [-0.2, -0.15) is 13.2 Å².